The van der Waals surface area contributed by atoms with Gasteiger partial charge in [0.1, 0.15) is 0 Å². The van der Waals surface area contributed by atoms with Gasteiger partial charge in [-0.05, 0) is 25.8 Å². The molecule has 0 bridgehead atoms. The van der Waals surface area contributed by atoms with E-state index in [9.17, 15) is 0 Å². The zero-order chi connectivity index (χ0) is 11.3. The third-order valence-corrected chi connectivity index (χ3v) is 2.55. The molecule has 0 spiro atoms. The molecular weight excluding hydrogens is 186 g/mol. The number of nitrogens with zero attached hydrogens (tertiary/aromatic N) is 3. The van der Waals surface area contributed by atoms with Crippen molar-refractivity contribution in [2.24, 2.45) is 4.99 Å². The van der Waals surface area contributed by atoms with Crippen molar-refractivity contribution in [2.45, 2.75) is 33.7 Å². The van der Waals surface area contributed by atoms with E-state index >= 15 is 0 Å². The zero-order valence-corrected chi connectivity index (χ0v) is 9.99. The van der Waals surface area contributed by atoms with Crippen LogP contribution in [0.1, 0.15) is 26.5 Å². The molecule has 0 N–H and O–H groups in total. The van der Waals surface area contributed by atoms with Crippen molar-refractivity contribution in [1.29, 1.82) is 0 Å². The molecule has 0 atom stereocenters. The second-order valence-corrected chi connectivity index (χ2v) is 3.51. The van der Waals surface area contributed by atoms with Crippen LogP contribution in [0.3, 0.4) is 0 Å². The van der Waals surface area contributed by atoms with Crippen LogP contribution in [0.25, 0.3) is 0 Å². The van der Waals surface area contributed by atoms with Gasteiger partial charge in [-0.2, -0.15) is 0 Å². The third-order valence-electron chi connectivity index (χ3n) is 2.55. The molecule has 0 aliphatic rings. The minimum absolute atomic E-state index is 0.854. The normalized spacial score (nSPS) is 13.3. The number of allylic oxidation sites excluding steroid dienone is 2. The highest BCUT2D eigenvalue weighted by Crippen LogP contribution is 2.05. The average molecular weight is 205 g/mol. The topological polar surface area (TPSA) is 30.2 Å². The largest absolute Gasteiger partial charge is 0.333 e. The van der Waals surface area contributed by atoms with E-state index in [4.69, 9.17) is 0 Å². The van der Waals surface area contributed by atoms with Crippen molar-refractivity contribution in [2.75, 3.05) is 7.05 Å². The third kappa shape index (κ3) is 3.05. The molecule has 1 heterocycles. The Morgan fingerprint density at radius 3 is 2.80 bits per heavy atom. The van der Waals surface area contributed by atoms with Crippen LogP contribution in [0.4, 0.5) is 0 Å². The van der Waals surface area contributed by atoms with Crippen molar-refractivity contribution in [1.82, 2.24) is 9.55 Å². The quantitative estimate of drug-likeness (QED) is 0.694. The minimum Gasteiger partial charge on any atom is -0.333 e. The van der Waals surface area contributed by atoms with Crippen LogP contribution in [0.5, 0.6) is 0 Å². The van der Waals surface area contributed by atoms with Crippen molar-refractivity contribution < 1.29 is 0 Å². The highest BCUT2D eigenvalue weighted by atomic mass is 15.0. The molecule has 0 saturated heterocycles. The van der Waals surface area contributed by atoms with Crippen LogP contribution < -0.4 is 0 Å². The maximum absolute atomic E-state index is 4.30. The molecule has 1 aromatic rings. The number of hydrogen-bond donors (Lipinski definition) is 0. The summed E-state index contributed by atoms with van der Waals surface area (Å²) in [6.07, 6.45) is 7.06. The predicted molar refractivity (Wildman–Crippen MR) is 64.4 cm³/mol. The lowest BCUT2D eigenvalue weighted by atomic mass is 10.1. The van der Waals surface area contributed by atoms with Gasteiger partial charge in [0.05, 0.1) is 12.0 Å². The molecule has 0 radical (unpaired) electrons. The summed E-state index contributed by atoms with van der Waals surface area (Å²) in [7, 11) is 1.82. The smallest absolute Gasteiger partial charge is 0.0952 e. The van der Waals surface area contributed by atoms with Gasteiger partial charge < -0.3 is 4.57 Å². The summed E-state index contributed by atoms with van der Waals surface area (Å²) in [5.74, 6) is 0. The molecule has 15 heavy (non-hydrogen) atoms. The molecule has 1 aromatic heterocycles. The second-order valence-electron chi connectivity index (χ2n) is 3.51. The van der Waals surface area contributed by atoms with E-state index in [2.05, 4.69) is 33.7 Å². The second kappa shape index (κ2) is 5.49. The predicted octanol–water partition coefficient (Wildman–Crippen LogP) is 2.48. The van der Waals surface area contributed by atoms with E-state index in [0.717, 1.165) is 24.4 Å². The first-order chi connectivity index (χ1) is 7.21. The van der Waals surface area contributed by atoms with Gasteiger partial charge in [-0.1, -0.05) is 13.0 Å². The molecule has 82 valence electrons. The molecule has 0 amide bonds. The summed E-state index contributed by atoms with van der Waals surface area (Å²) < 4.78 is 2.10. The summed E-state index contributed by atoms with van der Waals surface area (Å²) in [4.78, 5) is 8.50. The van der Waals surface area contributed by atoms with Gasteiger partial charge in [0.2, 0.25) is 0 Å². The molecule has 3 heteroatoms. The fourth-order valence-corrected chi connectivity index (χ4v) is 1.43. The van der Waals surface area contributed by atoms with Gasteiger partial charge in [-0.3, -0.25) is 4.99 Å². The summed E-state index contributed by atoms with van der Waals surface area (Å²) >= 11 is 0. The summed E-state index contributed by atoms with van der Waals surface area (Å²) in [5, 5.41) is 0. The Labute approximate surface area is 91.6 Å². The minimum atomic E-state index is 0.854. The number of imidazole rings is 1. The van der Waals surface area contributed by atoms with Crippen molar-refractivity contribution >= 4 is 5.71 Å². The van der Waals surface area contributed by atoms with Gasteiger partial charge in [0.15, 0.2) is 0 Å². The molecule has 0 aliphatic carbocycles. The zero-order valence-electron chi connectivity index (χ0n) is 9.99. The standard InChI is InChI=1S/C12H19N3/c1-5-11(10(3)13-4)7-15-8-12(6-2)14-9-15/h5,8-9H,6-7H2,1-4H3/b11-5-,13-10-. The summed E-state index contributed by atoms with van der Waals surface area (Å²) in [6.45, 7) is 7.04. The Morgan fingerprint density at radius 2 is 2.33 bits per heavy atom. The number of aliphatic imine (C=N–C) groups is 1. The SMILES string of the molecule is C/C=C(Cn1cnc(CC)c1)\C(C)=N/C. The van der Waals surface area contributed by atoms with E-state index < -0.39 is 0 Å². The van der Waals surface area contributed by atoms with Crippen molar-refractivity contribution in [3.8, 4) is 0 Å². The monoisotopic (exact) mass is 205 g/mol. The van der Waals surface area contributed by atoms with E-state index in [1.807, 2.05) is 27.2 Å². The number of aromatic nitrogens is 2. The lowest BCUT2D eigenvalue weighted by molar-refractivity contribution is 0.800. The van der Waals surface area contributed by atoms with E-state index in [-0.39, 0.29) is 0 Å². The molecule has 0 aromatic carbocycles. The van der Waals surface area contributed by atoms with Crippen LogP contribution in [-0.2, 0) is 13.0 Å². The van der Waals surface area contributed by atoms with Gasteiger partial charge >= 0.3 is 0 Å². The molecule has 0 unspecified atom stereocenters. The Hall–Kier alpha value is -1.38. The van der Waals surface area contributed by atoms with E-state index in [1.165, 1.54) is 5.57 Å². The molecular formula is C12H19N3. The van der Waals surface area contributed by atoms with Crippen LogP contribution >= 0.6 is 0 Å². The van der Waals surface area contributed by atoms with Gasteiger partial charge in [0.25, 0.3) is 0 Å². The Kier molecular flexibility index (Phi) is 4.28. The highest BCUT2D eigenvalue weighted by molar-refractivity contribution is 5.97. The average Bonchev–Trinajstić information content (AvgIpc) is 2.72. The maximum atomic E-state index is 4.30. The van der Waals surface area contributed by atoms with Crippen LogP contribution in [0, 0.1) is 0 Å². The van der Waals surface area contributed by atoms with Gasteiger partial charge in [0, 0.05) is 25.5 Å². The molecule has 1 rings (SSSR count). The molecule has 0 saturated carbocycles. The lowest BCUT2D eigenvalue weighted by Crippen LogP contribution is -2.05. The van der Waals surface area contributed by atoms with E-state index in [1.54, 1.807) is 0 Å². The number of aryl methyl sites for hydroxylation is 1. The van der Waals surface area contributed by atoms with Crippen molar-refractivity contribution in [3.05, 3.63) is 29.9 Å². The Balaban J connectivity index is 2.76. The first kappa shape index (κ1) is 11.7. The molecule has 3 nitrogen and oxygen atoms in total. The summed E-state index contributed by atoms with van der Waals surface area (Å²) in [6, 6.07) is 0. The fraction of sp³-hybridized carbons (Fsp3) is 0.500. The van der Waals surface area contributed by atoms with Crippen LogP contribution in [0.15, 0.2) is 29.2 Å². The Morgan fingerprint density at radius 1 is 1.60 bits per heavy atom. The molecule has 0 aliphatic heterocycles. The lowest BCUT2D eigenvalue weighted by Gasteiger charge is -2.06. The van der Waals surface area contributed by atoms with Crippen LogP contribution in [0.2, 0.25) is 0 Å². The highest BCUT2D eigenvalue weighted by Gasteiger charge is 2.02. The number of rotatable bonds is 4. The maximum Gasteiger partial charge on any atom is 0.0952 e. The molecule has 0 fully saturated rings. The van der Waals surface area contributed by atoms with E-state index in [0.29, 0.717) is 0 Å². The Bertz CT molecular complexity index is 372. The first-order valence-corrected chi connectivity index (χ1v) is 5.30. The van der Waals surface area contributed by atoms with Crippen molar-refractivity contribution in [3.63, 3.8) is 0 Å². The fourth-order valence-electron chi connectivity index (χ4n) is 1.43. The van der Waals surface area contributed by atoms with Crippen LogP contribution in [-0.4, -0.2) is 22.3 Å². The first-order valence-electron chi connectivity index (χ1n) is 5.30. The number of hydrogen-bond acceptors (Lipinski definition) is 2. The van der Waals surface area contributed by atoms with Gasteiger partial charge in [-0.15, -0.1) is 0 Å². The van der Waals surface area contributed by atoms with Gasteiger partial charge in [-0.25, -0.2) is 4.98 Å². The summed E-state index contributed by atoms with van der Waals surface area (Å²) in [5.41, 5.74) is 3.47.